The summed E-state index contributed by atoms with van der Waals surface area (Å²) in [6.07, 6.45) is 2.41. The summed E-state index contributed by atoms with van der Waals surface area (Å²) in [4.78, 5) is 5.36. The lowest BCUT2D eigenvalue weighted by Crippen LogP contribution is -2.17. The minimum atomic E-state index is 0.640. The van der Waals surface area contributed by atoms with Gasteiger partial charge in [0.2, 0.25) is 0 Å². The molecule has 0 saturated carbocycles. The zero-order valence-electron chi connectivity index (χ0n) is 9.70. The number of rotatable bonds is 7. The Balaban J connectivity index is 2.03. The fourth-order valence-electron chi connectivity index (χ4n) is 1.29. The van der Waals surface area contributed by atoms with E-state index in [9.17, 15) is 0 Å². The van der Waals surface area contributed by atoms with E-state index in [-0.39, 0.29) is 0 Å². The second-order valence-electron chi connectivity index (χ2n) is 3.97. The van der Waals surface area contributed by atoms with E-state index < -0.39 is 0 Å². The standard InChI is InChI=1S/C13H21NO/c1-3-12(2)9-10-14-15-11-13-7-5-4-6-8-13/h4-8,12,14H,3,9-11H2,1-2H3. The summed E-state index contributed by atoms with van der Waals surface area (Å²) < 4.78 is 0. The molecule has 0 aromatic heterocycles. The fraction of sp³-hybridized carbons (Fsp3) is 0.538. The van der Waals surface area contributed by atoms with E-state index in [4.69, 9.17) is 4.84 Å². The number of hydrogen-bond donors (Lipinski definition) is 1. The lowest BCUT2D eigenvalue weighted by atomic mass is 10.1. The fourth-order valence-corrected chi connectivity index (χ4v) is 1.29. The van der Waals surface area contributed by atoms with Crippen molar-refractivity contribution in [2.24, 2.45) is 5.92 Å². The monoisotopic (exact) mass is 207 g/mol. The van der Waals surface area contributed by atoms with Gasteiger partial charge in [-0.3, -0.25) is 4.84 Å². The number of nitrogens with one attached hydrogen (secondary N) is 1. The van der Waals surface area contributed by atoms with Crippen LogP contribution >= 0.6 is 0 Å². The molecule has 0 heterocycles. The molecule has 84 valence electrons. The molecule has 1 rings (SSSR count). The molecular formula is C13H21NO. The van der Waals surface area contributed by atoms with E-state index >= 15 is 0 Å². The van der Waals surface area contributed by atoms with Crippen LogP contribution in [-0.2, 0) is 11.4 Å². The molecule has 1 atom stereocenters. The van der Waals surface area contributed by atoms with Crippen LogP contribution in [0, 0.1) is 5.92 Å². The minimum absolute atomic E-state index is 0.640. The molecule has 0 aliphatic heterocycles. The Labute approximate surface area is 92.6 Å². The van der Waals surface area contributed by atoms with Crippen molar-refractivity contribution < 1.29 is 4.84 Å². The topological polar surface area (TPSA) is 21.3 Å². The Morgan fingerprint density at radius 2 is 2.00 bits per heavy atom. The average molecular weight is 207 g/mol. The highest BCUT2D eigenvalue weighted by atomic mass is 16.6. The normalized spacial score (nSPS) is 12.7. The van der Waals surface area contributed by atoms with Gasteiger partial charge < -0.3 is 0 Å². The van der Waals surface area contributed by atoms with Gasteiger partial charge in [-0.2, -0.15) is 0 Å². The molecule has 0 amide bonds. The first-order valence-corrected chi connectivity index (χ1v) is 5.71. The van der Waals surface area contributed by atoms with Gasteiger partial charge in [0, 0.05) is 6.54 Å². The van der Waals surface area contributed by atoms with E-state index in [0.29, 0.717) is 6.61 Å². The molecule has 2 nitrogen and oxygen atoms in total. The molecule has 1 aromatic rings. The Kier molecular flexibility index (Phi) is 6.05. The van der Waals surface area contributed by atoms with Gasteiger partial charge in [-0.15, -0.1) is 0 Å². The molecule has 0 bridgehead atoms. The Morgan fingerprint density at radius 1 is 1.27 bits per heavy atom. The molecule has 0 radical (unpaired) electrons. The second-order valence-corrected chi connectivity index (χ2v) is 3.97. The van der Waals surface area contributed by atoms with Crippen molar-refractivity contribution in [3.8, 4) is 0 Å². The van der Waals surface area contributed by atoms with Crippen LogP contribution in [0.25, 0.3) is 0 Å². The maximum atomic E-state index is 5.36. The highest BCUT2D eigenvalue weighted by molar-refractivity contribution is 5.13. The Bertz CT molecular complexity index is 248. The summed E-state index contributed by atoms with van der Waals surface area (Å²) in [6, 6.07) is 10.2. The van der Waals surface area contributed by atoms with Crippen molar-refractivity contribution in [3.05, 3.63) is 35.9 Å². The van der Waals surface area contributed by atoms with Crippen LogP contribution in [0.1, 0.15) is 32.3 Å². The van der Waals surface area contributed by atoms with Crippen LogP contribution in [0.3, 0.4) is 0 Å². The van der Waals surface area contributed by atoms with Gasteiger partial charge in [0.1, 0.15) is 0 Å². The first-order chi connectivity index (χ1) is 7.33. The van der Waals surface area contributed by atoms with Crippen LogP contribution in [0.15, 0.2) is 30.3 Å². The minimum Gasteiger partial charge on any atom is -0.297 e. The number of hydroxylamine groups is 1. The van der Waals surface area contributed by atoms with Gasteiger partial charge in [-0.25, -0.2) is 5.48 Å². The number of hydrogen-bond acceptors (Lipinski definition) is 2. The zero-order valence-corrected chi connectivity index (χ0v) is 9.70. The molecular weight excluding hydrogens is 186 g/mol. The third-order valence-corrected chi connectivity index (χ3v) is 2.62. The molecule has 1 aromatic carbocycles. The third kappa shape index (κ3) is 5.55. The van der Waals surface area contributed by atoms with Gasteiger partial charge in [-0.05, 0) is 17.9 Å². The lowest BCUT2D eigenvalue weighted by molar-refractivity contribution is 0.0254. The van der Waals surface area contributed by atoms with Crippen molar-refractivity contribution in [1.29, 1.82) is 0 Å². The first kappa shape index (κ1) is 12.2. The van der Waals surface area contributed by atoms with Crippen molar-refractivity contribution in [2.75, 3.05) is 6.54 Å². The molecule has 0 spiro atoms. The SMILES string of the molecule is CCC(C)CCNOCc1ccccc1. The highest BCUT2D eigenvalue weighted by Gasteiger charge is 1.97. The smallest absolute Gasteiger partial charge is 0.0933 e. The van der Waals surface area contributed by atoms with Crippen LogP contribution < -0.4 is 5.48 Å². The Hall–Kier alpha value is -0.860. The second kappa shape index (κ2) is 7.43. The van der Waals surface area contributed by atoms with E-state index in [2.05, 4.69) is 31.5 Å². The van der Waals surface area contributed by atoms with Crippen LogP contribution in [0.4, 0.5) is 0 Å². The molecule has 15 heavy (non-hydrogen) atoms. The van der Waals surface area contributed by atoms with E-state index in [0.717, 1.165) is 12.5 Å². The van der Waals surface area contributed by atoms with E-state index in [1.807, 2.05) is 18.2 Å². The molecule has 0 aliphatic carbocycles. The van der Waals surface area contributed by atoms with Gasteiger partial charge in [0.05, 0.1) is 6.61 Å². The summed E-state index contributed by atoms with van der Waals surface area (Å²) in [7, 11) is 0. The Morgan fingerprint density at radius 3 is 2.67 bits per heavy atom. The van der Waals surface area contributed by atoms with Crippen LogP contribution in [-0.4, -0.2) is 6.54 Å². The molecule has 0 fully saturated rings. The van der Waals surface area contributed by atoms with Gasteiger partial charge in [-0.1, -0.05) is 50.6 Å². The summed E-state index contributed by atoms with van der Waals surface area (Å²) in [5.41, 5.74) is 4.20. The first-order valence-electron chi connectivity index (χ1n) is 5.71. The lowest BCUT2D eigenvalue weighted by Gasteiger charge is -2.09. The molecule has 0 saturated heterocycles. The summed E-state index contributed by atoms with van der Waals surface area (Å²) in [5.74, 6) is 0.776. The molecule has 1 unspecified atom stereocenters. The zero-order chi connectivity index (χ0) is 10.9. The van der Waals surface area contributed by atoms with Crippen molar-refractivity contribution in [1.82, 2.24) is 5.48 Å². The van der Waals surface area contributed by atoms with Crippen molar-refractivity contribution in [2.45, 2.75) is 33.3 Å². The molecule has 1 N–H and O–H groups in total. The highest BCUT2D eigenvalue weighted by Crippen LogP contribution is 2.04. The summed E-state index contributed by atoms with van der Waals surface area (Å²) >= 11 is 0. The maximum absolute atomic E-state index is 5.36. The van der Waals surface area contributed by atoms with Crippen LogP contribution in [0.5, 0.6) is 0 Å². The van der Waals surface area contributed by atoms with Gasteiger partial charge in [0.25, 0.3) is 0 Å². The number of benzene rings is 1. The van der Waals surface area contributed by atoms with Crippen molar-refractivity contribution >= 4 is 0 Å². The quantitative estimate of drug-likeness (QED) is 0.548. The summed E-state index contributed by atoms with van der Waals surface area (Å²) in [5, 5.41) is 0. The van der Waals surface area contributed by atoms with Crippen LogP contribution in [0.2, 0.25) is 0 Å². The van der Waals surface area contributed by atoms with E-state index in [1.54, 1.807) is 0 Å². The van der Waals surface area contributed by atoms with Gasteiger partial charge in [0.15, 0.2) is 0 Å². The maximum Gasteiger partial charge on any atom is 0.0933 e. The average Bonchev–Trinajstić information content (AvgIpc) is 2.29. The predicted octanol–water partition coefficient (Wildman–Crippen LogP) is 3.14. The molecule has 0 aliphatic rings. The van der Waals surface area contributed by atoms with E-state index in [1.165, 1.54) is 18.4 Å². The largest absolute Gasteiger partial charge is 0.297 e. The third-order valence-electron chi connectivity index (χ3n) is 2.62. The van der Waals surface area contributed by atoms with Gasteiger partial charge >= 0.3 is 0 Å². The van der Waals surface area contributed by atoms with Crippen molar-refractivity contribution in [3.63, 3.8) is 0 Å². The summed E-state index contributed by atoms with van der Waals surface area (Å²) in [6.45, 7) is 6.05. The molecule has 2 heteroatoms. The predicted molar refractivity (Wildman–Crippen MR) is 63.3 cm³/mol.